The van der Waals surface area contributed by atoms with Gasteiger partial charge in [-0.1, -0.05) is 36.4 Å². The summed E-state index contributed by atoms with van der Waals surface area (Å²) in [6.07, 6.45) is 1.68. The first-order valence-corrected chi connectivity index (χ1v) is 6.71. The van der Waals surface area contributed by atoms with Crippen LogP contribution in [0.2, 0.25) is 0 Å². The summed E-state index contributed by atoms with van der Waals surface area (Å²) in [6.45, 7) is 9.06. The second-order valence-corrected chi connectivity index (χ2v) is 5.62. The van der Waals surface area contributed by atoms with E-state index in [9.17, 15) is 9.59 Å². The molecule has 0 aromatic heterocycles. The monoisotopic (exact) mass is 272 g/mol. The lowest BCUT2D eigenvalue weighted by Gasteiger charge is -2.45. The van der Waals surface area contributed by atoms with E-state index in [0.29, 0.717) is 0 Å². The highest BCUT2D eigenvalue weighted by Crippen LogP contribution is 2.31. The van der Waals surface area contributed by atoms with Gasteiger partial charge in [-0.25, -0.2) is 0 Å². The van der Waals surface area contributed by atoms with E-state index in [4.69, 9.17) is 0 Å². The van der Waals surface area contributed by atoms with Gasteiger partial charge in [-0.15, -0.1) is 6.58 Å². The third kappa shape index (κ3) is 2.33. The van der Waals surface area contributed by atoms with Crippen molar-refractivity contribution in [2.75, 3.05) is 0 Å². The number of piperazine rings is 1. The summed E-state index contributed by atoms with van der Waals surface area (Å²) in [4.78, 5) is 26.7. The first-order chi connectivity index (χ1) is 9.38. The molecular formula is C16H20N2O2. The molecule has 20 heavy (non-hydrogen) atoms. The molecular weight excluding hydrogens is 252 g/mol. The summed E-state index contributed by atoms with van der Waals surface area (Å²) in [5.41, 5.74) is -0.0813. The van der Waals surface area contributed by atoms with Crippen LogP contribution in [-0.2, 0) is 9.59 Å². The Morgan fingerprint density at radius 2 is 1.90 bits per heavy atom. The molecule has 2 amide bonds. The van der Waals surface area contributed by atoms with Crippen LogP contribution in [0.4, 0.5) is 0 Å². The predicted molar refractivity (Wildman–Crippen MR) is 77.9 cm³/mol. The molecule has 1 aromatic rings. The first kappa shape index (κ1) is 14.3. The van der Waals surface area contributed by atoms with Crippen molar-refractivity contribution in [1.29, 1.82) is 0 Å². The minimum absolute atomic E-state index is 0.0987. The van der Waals surface area contributed by atoms with E-state index in [0.717, 1.165) is 5.56 Å². The van der Waals surface area contributed by atoms with Crippen LogP contribution in [0.15, 0.2) is 43.0 Å². The van der Waals surface area contributed by atoms with Crippen molar-refractivity contribution in [2.45, 2.75) is 38.4 Å². The van der Waals surface area contributed by atoms with E-state index in [1.807, 2.05) is 37.3 Å². The van der Waals surface area contributed by atoms with Gasteiger partial charge in [0.2, 0.25) is 11.8 Å². The van der Waals surface area contributed by atoms with Crippen molar-refractivity contribution in [2.24, 2.45) is 0 Å². The van der Waals surface area contributed by atoms with Crippen LogP contribution in [0.25, 0.3) is 0 Å². The SMILES string of the molecule is C=CC(C)N1C(=O)C(C)(C)NC(=O)C1c1ccccc1. The average Bonchev–Trinajstić information content (AvgIpc) is 2.42. The van der Waals surface area contributed by atoms with E-state index in [-0.39, 0.29) is 17.9 Å². The van der Waals surface area contributed by atoms with E-state index in [1.165, 1.54) is 0 Å². The number of carbonyl (C=O) groups is 2. The highest BCUT2D eigenvalue weighted by Gasteiger charge is 2.47. The molecule has 1 aromatic carbocycles. The maximum Gasteiger partial charge on any atom is 0.249 e. The largest absolute Gasteiger partial charge is 0.340 e. The van der Waals surface area contributed by atoms with Crippen LogP contribution in [0.1, 0.15) is 32.4 Å². The number of carbonyl (C=O) groups excluding carboxylic acids is 2. The Balaban J connectivity index is 2.50. The van der Waals surface area contributed by atoms with Crippen molar-refractivity contribution < 1.29 is 9.59 Å². The molecule has 4 heteroatoms. The van der Waals surface area contributed by atoms with Gasteiger partial charge in [0, 0.05) is 6.04 Å². The van der Waals surface area contributed by atoms with Crippen molar-refractivity contribution in [3.8, 4) is 0 Å². The van der Waals surface area contributed by atoms with E-state index in [1.54, 1.807) is 24.8 Å². The molecule has 2 unspecified atom stereocenters. The topological polar surface area (TPSA) is 49.4 Å². The zero-order valence-corrected chi connectivity index (χ0v) is 12.1. The van der Waals surface area contributed by atoms with Gasteiger partial charge in [0.05, 0.1) is 0 Å². The minimum atomic E-state index is -0.889. The van der Waals surface area contributed by atoms with Crippen molar-refractivity contribution in [3.63, 3.8) is 0 Å². The maximum absolute atomic E-state index is 12.6. The molecule has 0 bridgehead atoms. The van der Waals surface area contributed by atoms with Crippen molar-refractivity contribution in [3.05, 3.63) is 48.6 Å². The molecule has 1 saturated heterocycles. The molecule has 1 aliphatic rings. The van der Waals surface area contributed by atoms with E-state index < -0.39 is 11.6 Å². The highest BCUT2D eigenvalue weighted by molar-refractivity contribution is 6.00. The zero-order chi connectivity index (χ0) is 14.9. The molecule has 106 valence electrons. The third-order valence-corrected chi connectivity index (χ3v) is 3.63. The second kappa shape index (κ2) is 5.12. The molecule has 2 rings (SSSR count). The van der Waals surface area contributed by atoms with Crippen LogP contribution < -0.4 is 5.32 Å². The fourth-order valence-corrected chi connectivity index (χ4v) is 2.48. The number of hydrogen-bond acceptors (Lipinski definition) is 2. The fourth-order valence-electron chi connectivity index (χ4n) is 2.48. The Kier molecular flexibility index (Phi) is 3.66. The van der Waals surface area contributed by atoms with Gasteiger partial charge in [-0.3, -0.25) is 9.59 Å². The van der Waals surface area contributed by atoms with Crippen molar-refractivity contribution in [1.82, 2.24) is 10.2 Å². The lowest BCUT2D eigenvalue weighted by molar-refractivity contribution is -0.155. The number of nitrogens with one attached hydrogen (secondary N) is 1. The quantitative estimate of drug-likeness (QED) is 0.856. The summed E-state index contributed by atoms with van der Waals surface area (Å²) in [7, 11) is 0. The standard InChI is InChI=1S/C16H20N2O2/c1-5-11(2)18-13(12-9-7-6-8-10-12)14(19)17-16(3,4)15(18)20/h5-11,13H,1H2,2-4H3,(H,17,19). The fraction of sp³-hybridized carbons (Fsp3) is 0.375. The van der Waals surface area contributed by atoms with Gasteiger partial charge >= 0.3 is 0 Å². The molecule has 1 N–H and O–H groups in total. The Morgan fingerprint density at radius 1 is 1.30 bits per heavy atom. The number of rotatable bonds is 3. The third-order valence-electron chi connectivity index (χ3n) is 3.63. The average molecular weight is 272 g/mol. The zero-order valence-electron chi connectivity index (χ0n) is 12.1. The number of hydrogen-bond donors (Lipinski definition) is 1. The Morgan fingerprint density at radius 3 is 2.45 bits per heavy atom. The van der Waals surface area contributed by atoms with Gasteiger partial charge in [0.1, 0.15) is 11.6 Å². The van der Waals surface area contributed by atoms with Crippen molar-refractivity contribution >= 4 is 11.8 Å². The van der Waals surface area contributed by atoms with Gasteiger partial charge in [-0.05, 0) is 26.3 Å². The molecule has 1 aliphatic heterocycles. The lowest BCUT2D eigenvalue weighted by Crippen LogP contribution is -2.66. The summed E-state index contributed by atoms with van der Waals surface area (Å²) in [6, 6.07) is 8.52. The maximum atomic E-state index is 12.6. The van der Waals surface area contributed by atoms with Crippen LogP contribution in [0.3, 0.4) is 0 Å². The molecule has 0 saturated carbocycles. The lowest BCUT2D eigenvalue weighted by atomic mass is 9.92. The molecule has 0 aliphatic carbocycles. The molecule has 0 radical (unpaired) electrons. The minimum Gasteiger partial charge on any atom is -0.340 e. The van der Waals surface area contributed by atoms with Crippen LogP contribution in [0, 0.1) is 0 Å². The first-order valence-electron chi connectivity index (χ1n) is 6.71. The van der Waals surface area contributed by atoms with Crippen LogP contribution in [-0.4, -0.2) is 28.3 Å². The predicted octanol–water partition coefficient (Wildman–Crippen LogP) is 2.04. The summed E-state index contributed by atoms with van der Waals surface area (Å²) < 4.78 is 0. The summed E-state index contributed by atoms with van der Waals surface area (Å²) in [5, 5.41) is 2.80. The van der Waals surface area contributed by atoms with E-state index in [2.05, 4.69) is 11.9 Å². The molecule has 1 fully saturated rings. The van der Waals surface area contributed by atoms with E-state index >= 15 is 0 Å². The Hall–Kier alpha value is -2.10. The number of benzene rings is 1. The van der Waals surface area contributed by atoms with Crippen LogP contribution >= 0.6 is 0 Å². The summed E-state index contributed by atoms with van der Waals surface area (Å²) >= 11 is 0. The Bertz CT molecular complexity index is 537. The molecule has 2 atom stereocenters. The molecule has 0 spiro atoms. The van der Waals surface area contributed by atoms with Gasteiger partial charge in [-0.2, -0.15) is 0 Å². The van der Waals surface area contributed by atoms with Crippen LogP contribution in [0.5, 0.6) is 0 Å². The van der Waals surface area contributed by atoms with Gasteiger partial charge < -0.3 is 10.2 Å². The molecule has 1 heterocycles. The highest BCUT2D eigenvalue weighted by atomic mass is 16.2. The van der Waals surface area contributed by atoms with Gasteiger partial charge in [0.25, 0.3) is 0 Å². The number of nitrogens with zero attached hydrogens (tertiary/aromatic N) is 1. The smallest absolute Gasteiger partial charge is 0.249 e. The second-order valence-electron chi connectivity index (χ2n) is 5.62. The number of amides is 2. The summed E-state index contributed by atoms with van der Waals surface area (Å²) in [5.74, 6) is -0.257. The normalized spacial score (nSPS) is 23.1. The molecule has 4 nitrogen and oxygen atoms in total. The Labute approximate surface area is 119 Å². The van der Waals surface area contributed by atoms with Gasteiger partial charge in [0.15, 0.2) is 0 Å².